The SMILES string of the molecule is Cn1nc(C(C)(C)C)c(C(=O)Nc2ccc(F)cc2-c2ccc(Cl)c(Cl)c2)c1Cl. The standard InChI is InChI=1S/C21H19Cl3FN3O/c1-21(2,3)18-17(19(24)28(4)27-18)20(29)26-16-8-6-12(25)10-13(16)11-5-7-14(22)15(23)9-11/h5-10H,1-4H3,(H,26,29). The van der Waals surface area contributed by atoms with Crippen molar-refractivity contribution in [2.75, 3.05) is 5.32 Å². The molecule has 0 saturated heterocycles. The Balaban J connectivity index is 2.06. The molecule has 0 saturated carbocycles. The molecular formula is C21H19Cl3FN3O. The van der Waals surface area contributed by atoms with Gasteiger partial charge in [-0.2, -0.15) is 5.10 Å². The summed E-state index contributed by atoms with van der Waals surface area (Å²) in [6.07, 6.45) is 0. The minimum Gasteiger partial charge on any atom is -0.321 e. The molecule has 0 aliphatic carbocycles. The van der Waals surface area contributed by atoms with E-state index in [9.17, 15) is 9.18 Å². The predicted molar refractivity (Wildman–Crippen MR) is 117 cm³/mol. The zero-order valence-corrected chi connectivity index (χ0v) is 18.5. The van der Waals surface area contributed by atoms with Crippen LogP contribution >= 0.6 is 34.8 Å². The minimum absolute atomic E-state index is 0.227. The van der Waals surface area contributed by atoms with E-state index in [1.807, 2.05) is 20.8 Å². The molecule has 3 rings (SSSR count). The highest BCUT2D eigenvalue weighted by Crippen LogP contribution is 2.35. The van der Waals surface area contributed by atoms with E-state index in [0.717, 1.165) is 0 Å². The van der Waals surface area contributed by atoms with Gasteiger partial charge in [0.1, 0.15) is 16.5 Å². The van der Waals surface area contributed by atoms with E-state index in [1.54, 1.807) is 25.2 Å². The molecule has 1 heterocycles. The number of rotatable bonds is 3. The van der Waals surface area contributed by atoms with Gasteiger partial charge >= 0.3 is 0 Å². The van der Waals surface area contributed by atoms with Crippen LogP contribution in [0.5, 0.6) is 0 Å². The van der Waals surface area contributed by atoms with Crippen molar-refractivity contribution in [1.29, 1.82) is 0 Å². The van der Waals surface area contributed by atoms with Crippen LogP contribution in [-0.4, -0.2) is 15.7 Å². The Kier molecular flexibility index (Phi) is 5.95. The molecule has 1 amide bonds. The Morgan fingerprint density at radius 3 is 2.38 bits per heavy atom. The third-order valence-electron chi connectivity index (χ3n) is 4.38. The fourth-order valence-corrected chi connectivity index (χ4v) is 3.45. The summed E-state index contributed by atoms with van der Waals surface area (Å²) in [6.45, 7) is 5.84. The van der Waals surface area contributed by atoms with E-state index >= 15 is 0 Å². The molecule has 0 radical (unpaired) electrons. The molecule has 3 aromatic rings. The topological polar surface area (TPSA) is 46.9 Å². The quantitative estimate of drug-likeness (QED) is 0.476. The third-order valence-corrected chi connectivity index (χ3v) is 5.55. The summed E-state index contributed by atoms with van der Waals surface area (Å²) in [5.74, 6) is -0.875. The fraction of sp³-hybridized carbons (Fsp3) is 0.238. The van der Waals surface area contributed by atoms with E-state index < -0.39 is 17.1 Å². The third kappa shape index (κ3) is 4.42. The summed E-state index contributed by atoms with van der Waals surface area (Å²) in [7, 11) is 1.67. The second-order valence-electron chi connectivity index (χ2n) is 7.66. The molecule has 2 aromatic carbocycles. The number of halogens is 4. The molecule has 4 nitrogen and oxygen atoms in total. The van der Waals surface area contributed by atoms with Crippen LogP contribution in [0.4, 0.5) is 10.1 Å². The summed E-state index contributed by atoms with van der Waals surface area (Å²) >= 11 is 18.4. The number of carbonyl (C=O) groups is 1. The Labute approximate surface area is 183 Å². The van der Waals surface area contributed by atoms with E-state index in [1.165, 1.54) is 22.9 Å². The second kappa shape index (κ2) is 7.98. The molecule has 1 N–H and O–H groups in total. The molecule has 0 atom stereocenters. The molecule has 152 valence electrons. The number of carbonyl (C=O) groups excluding carboxylic acids is 1. The van der Waals surface area contributed by atoms with Gasteiger partial charge in [-0.25, -0.2) is 4.39 Å². The van der Waals surface area contributed by atoms with Gasteiger partial charge in [0.25, 0.3) is 5.91 Å². The average molecular weight is 455 g/mol. The van der Waals surface area contributed by atoms with Crippen molar-refractivity contribution in [2.24, 2.45) is 7.05 Å². The van der Waals surface area contributed by atoms with Gasteiger partial charge < -0.3 is 5.32 Å². The first kappa shape index (κ1) is 21.6. The van der Waals surface area contributed by atoms with Crippen LogP contribution in [0.25, 0.3) is 11.1 Å². The van der Waals surface area contributed by atoms with Gasteiger partial charge in [-0.3, -0.25) is 9.48 Å². The molecule has 0 aliphatic heterocycles. The maximum Gasteiger partial charge on any atom is 0.260 e. The molecule has 0 spiro atoms. The Bertz CT molecular complexity index is 1100. The number of aryl methyl sites for hydroxylation is 1. The normalized spacial score (nSPS) is 11.6. The van der Waals surface area contributed by atoms with Gasteiger partial charge in [0.2, 0.25) is 0 Å². The minimum atomic E-state index is -0.445. The number of hydrogen-bond donors (Lipinski definition) is 1. The van der Waals surface area contributed by atoms with E-state index in [-0.39, 0.29) is 10.7 Å². The summed E-state index contributed by atoms with van der Waals surface area (Å²) in [6, 6.07) is 9.02. The van der Waals surface area contributed by atoms with E-state index in [0.29, 0.717) is 32.6 Å². The highest BCUT2D eigenvalue weighted by atomic mass is 35.5. The first-order valence-electron chi connectivity index (χ1n) is 8.78. The van der Waals surface area contributed by atoms with Crippen molar-refractivity contribution in [3.8, 4) is 11.1 Å². The molecule has 0 fully saturated rings. The number of nitrogens with zero attached hydrogens (tertiary/aromatic N) is 2. The monoisotopic (exact) mass is 453 g/mol. The van der Waals surface area contributed by atoms with Crippen molar-refractivity contribution < 1.29 is 9.18 Å². The average Bonchev–Trinajstić information content (AvgIpc) is 2.94. The number of aromatic nitrogens is 2. The lowest BCUT2D eigenvalue weighted by molar-refractivity contribution is 0.102. The lowest BCUT2D eigenvalue weighted by atomic mass is 9.89. The van der Waals surface area contributed by atoms with Crippen molar-refractivity contribution in [2.45, 2.75) is 26.2 Å². The predicted octanol–water partition coefficient (Wildman–Crippen LogP) is 6.74. The van der Waals surface area contributed by atoms with Crippen LogP contribution in [-0.2, 0) is 12.5 Å². The van der Waals surface area contributed by atoms with Crippen molar-refractivity contribution >= 4 is 46.4 Å². The van der Waals surface area contributed by atoms with Crippen LogP contribution in [0, 0.1) is 5.82 Å². The number of amides is 1. The molecule has 0 unspecified atom stereocenters. The van der Waals surface area contributed by atoms with Crippen LogP contribution in [0.2, 0.25) is 15.2 Å². The van der Waals surface area contributed by atoms with Crippen LogP contribution in [0.15, 0.2) is 36.4 Å². The summed E-state index contributed by atoms with van der Waals surface area (Å²) in [5.41, 5.74) is 1.95. The van der Waals surface area contributed by atoms with Crippen LogP contribution in [0.1, 0.15) is 36.8 Å². The first-order valence-corrected chi connectivity index (χ1v) is 9.91. The number of hydrogen-bond acceptors (Lipinski definition) is 2. The van der Waals surface area contributed by atoms with E-state index in [2.05, 4.69) is 10.4 Å². The second-order valence-corrected chi connectivity index (χ2v) is 8.83. The van der Waals surface area contributed by atoms with Crippen molar-refractivity contribution in [3.63, 3.8) is 0 Å². The maximum absolute atomic E-state index is 14.0. The van der Waals surface area contributed by atoms with Gasteiger partial charge in [0.15, 0.2) is 0 Å². The number of nitrogens with one attached hydrogen (secondary N) is 1. The van der Waals surface area contributed by atoms with Gasteiger partial charge in [0.05, 0.1) is 15.7 Å². The number of benzene rings is 2. The van der Waals surface area contributed by atoms with Crippen LogP contribution < -0.4 is 5.32 Å². The molecule has 8 heteroatoms. The molecule has 1 aromatic heterocycles. The zero-order chi connectivity index (χ0) is 21.5. The largest absolute Gasteiger partial charge is 0.321 e. The number of anilines is 1. The highest BCUT2D eigenvalue weighted by Gasteiger charge is 2.29. The van der Waals surface area contributed by atoms with Crippen LogP contribution in [0.3, 0.4) is 0 Å². The lowest BCUT2D eigenvalue weighted by Gasteiger charge is -2.18. The first-order chi connectivity index (χ1) is 13.5. The van der Waals surface area contributed by atoms with E-state index in [4.69, 9.17) is 34.8 Å². The smallest absolute Gasteiger partial charge is 0.260 e. The Morgan fingerprint density at radius 2 is 1.76 bits per heavy atom. The molecular weight excluding hydrogens is 436 g/mol. The molecule has 0 aliphatic rings. The summed E-state index contributed by atoms with van der Waals surface area (Å²) < 4.78 is 15.4. The van der Waals surface area contributed by atoms with Gasteiger partial charge in [0, 0.05) is 23.7 Å². The highest BCUT2D eigenvalue weighted by molar-refractivity contribution is 6.42. The zero-order valence-electron chi connectivity index (χ0n) is 16.3. The van der Waals surface area contributed by atoms with Gasteiger partial charge in [-0.15, -0.1) is 0 Å². The van der Waals surface area contributed by atoms with Crippen molar-refractivity contribution in [1.82, 2.24) is 9.78 Å². The molecule has 0 bridgehead atoms. The fourth-order valence-electron chi connectivity index (χ4n) is 2.94. The summed E-state index contributed by atoms with van der Waals surface area (Å²) in [4.78, 5) is 13.1. The van der Waals surface area contributed by atoms with Gasteiger partial charge in [-0.05, 0) is 35.9 Å². The van der Waals surface area contributed by atoms with Gasteiger partial charge in [-0.1, -0.05) is 61.6 Å². The molecule has 29 heavy (non-hydrogen) atoms. The van der Waals surface area contributed by atoms with Crippen molar-refractivity contribution in [3.05, 3.63) is 68.7 Å². The Hall–Kier alpha value is -2.08. The Morgan fingerprint density at radius 1 is 1.07 bits per heavy atom. The lowest BCUT2D eigenvalue weighted by Crippen LogP contribution is -2.21. The maximum atomic E-state index is 14.0. The summed E-state index contributed by atoms with van der Waals surface area (Å²) in [5, 5.41) is 8.17.